The van der Waals surface area contributed by atoms with Gasteiger partial charge in [-0.25, -0.2) is 4.98 Å². The Bertz CT molecular complexity index is 693. The normalized spacial score (nSPS) is 20.3. The monoisotopic (exact) mass is 406 g/mol. The predicted molar refractivity (Wildman–Crippen MR) is 97.2 cm³/mol. The molecule has 2 heterocycles. The van der Waals surface area contributed by atoms with Crippen molar-refractivity contribution in [3.05, 3.63) is 58.7 Å². The third-order valence-electron chi connectivity index (χ3n) is 4.43. The molecule has 142 valence electrons. The fourth-order valence-corrected chi connectivity index (χ4v) is 3.16. The van der Waals surface area contributed by atoms with Gasteiger partial charge in [0.15, 0.2) is 0 Å². The molecular weight excluding hydrogens is 388 g/mol. The molecule has 2 unspecified atom stereocenters. The second kappa shape index (κ2) is 8.93. The Labute approximate surface area is 161 Å². The molecule has 1 N–H and O–H groups in total. The molecule has 1 aliphatic heterocycles. The highest BCUT2D eigenvalue weighted by molar-refractivity contribution is 6.30. The fourth-order valence-electron chi connectivity index (χ4n) is 3.04. The van der Waals surface area contributed by atoms with E-state index in [9.17, 15) is 13.2 Å². The van der Waals surface area contributed by atoms with Crippen molar-refractivity contribution in [1.82, 2.24) is 10.3 Å². The van der Waals surface area contributed by atoms with Gasteiger partial charge >= 0.3 is 6.18 Å². The quantitative estimate of drug-likeness (QED) is 0.779. The number of halogens is 5. The molecule has 0 spiro atoms. The second-order valence-corrected chi connectivity index (χ2v) is 6.54. The van der Waals surface area contributed by atoms with Crippen molar-refractivity contribution in [2.45, 2.75) is 18.5 Å². The Morgan fingerprint density at radius 2 is 1.88 bits per heavy atom. The first-order chi connectivity index (χ1) is 11.9. The van der Waals surface area contributed by atoms with Crippen molar-refractivity contribution in [1.29, 1.82) is 0 Å². The Morgan fingerprint density at radius 3 is 2.50 bits per heavy atom. The Balaban J connectivity index is 0.00000243. The van der Waals surface area contributed by atoms with Gasteiger partial charge in [0.25, 0.3) is 0 Å². The summed E-state index contributed by atoms with van der Waals surface area (Å²) in [6.45, 7) is 2.13. The number of nitrogens with zero attached hydrogens (tertiary/aromatic N) is 1. The first-order valence-corrected chi connectivity index (χ1v) is 8.43. The summed E-state index contributed by atoms with van der Waals surface area (Å²) in [4.78, 5) is 3.76. The number of aromatic nitrogens is 1. The lowest BCUT2D eigenvalue weighted by Gasteiger charge is -2.32. The van der Waals surface area contributed by atoms with Gasteiger partial charge in [-0.1, -0.05) is 23.7 Å². The SMILES string of the molecule is Cl.FC(F)(F)c1ccc(OCC2CCNCC2c2ccc(Cl)cc2)nc1. The number of benzene rings is 1. The summed E-state index contributed by atoms with van der Waals surface area (Å²) >= 11 is 5.94. The highest BCUT2D eigenvalue weighted by Gasteiger charge is 2.31. The first-order valence-electron chi connectivity index (χ1n) is 8.06. The predicted octanol–water partition coefficient (Wildman–Crippen LogP) is 4.95. The van der Waals surface area contributed by atoms with Crippen molar-refractivity contribution in [3.8, 4) is 5.88 Å². The highest BCUT2D eigenvalue weighted by Crippen LogP contribution is 2.32. The smallest absolute Gasteiger partial charge is 0.417 e. The van der Waals surface area contributed by atoms with Crippen LogP contribution in [0.5, 0.6) is 5.88 Å². The molecule has 0 saturated carbocycles. The van der Waals surface area contributed by atoms with Crippen LogP contribution < -0.4 is 10.1 Å². The number of rotatable bonds is 4. The molecule has 0 aliphatic carbocycles. The van der Waals surface area contributed by atoms with Gasteiger partial charge < -0.3 is 10.1 Å². The van der Waals surface area contributed by atoms with Crippen molar-refractivity contribution < 1.29 is 17.9 Å². The minimum absolute atomic E-state index is 0. The number of nitrogens with one attached hydrogen (secondary N) is 1. The van der Waals surface area contributed by atoms with Crippen LogP contribution in [0.1, 0.15) is 23.5 Å². The number of alkyl halides is 3. The van der Waals surface area contributed by atoms with E-state index in [0.717, 1.165) is 31.8 Å². The molecule has 1 aromatic carbocycles. The van der Waals surface area contributed by atoms with Crippen LogP contribution in [0.3, 0.4) is 0 Å². The van der Waals surface area contributed by atoms with Crippen LogP contribution >= 0.6 is 24.0 Å². The number of piperidine rings is 1. The second-order valence-electron chi connectivity index (χ2n) is 6.10. The summed E-state index contributed by atoms with van der Waals surface area (Å²) in [5.41, 5.74) is 0.395. The zero-order chi connectivity index (χ0) is 17.9. The van der Waals surface area contributed by atoms with E-state index < -0.39 is 11.7 Å². The molecule has 0 radical (unpaired) electrons. The zero-order valence-electron chi connectivity index (χ0n) is 13.8. The van der Waals surface area contributed by atoms with E-state index in [4.69, 9.17) is 16.3 Å². The zero-order valence-corrected chi connectivity index (χ0v) is 15.4. The van der Waals surface area contributed by atoms with Crippen LogP contribution in [0.25, 0.3) is 0 Å². The maximum Gasteiger partial charge on any atom is 0.417 e. The third-order valence-corrected chi connectivity index (χ3v) is 4.68. The lowest BCUT2D eigenvalue weighted by atomic mass is 9.82. The van der Waals surface area contributed by atoms with Gasteiger partial charge in [0.05, 0.1) is 12.2 Å². The summed E-state index contributed by atoms with van der Waals surface area (Å²) in [7, 11) is 0. The van der Waals surface area contributed by atoms with Crippen molar-refractivity contribution >= 4 is 24.0 Å². The maximum atomic E-state index is 12.6. The van der Waals surface area contributed by atoms with Crippen LogP contribution in [0.4, 0.5) is 13.2 Å². The lowest BCUT2D eigenvalue weighted by molar-refractivity contribution is -0.137. The number of hydrogen-bond acceptors (Lipinski definition) is 3. The van der Waals surface area contributed by atoms with E-state index >= 15 is 0 Å². The fraction of sp³-hybridized carbons (Fsp3) is 0.389. The number of hydrogen-bond donors (Lipinski definition) is 1. The van der Waals surface area contributed by atoms with Crippen molar-refractivity contribution in [2.24, 2.45) is 5.92 Å². The van der Waals surface area contributed by atoms with E-state index in [1.54, 1.807) is 0 Å². The number of ether oxygens (including phenoxy) is 1. The molecule has 2 atom stereocenters. The molecule has 1 aliphatic rings. The van der Waals surface area contributed by atoms with E-state index in [2.05, 4.69) is 10.3 Å². The highest BCUT2D eigenvalue weighted by atomic mass is 35.5. The van der Waals surface area contributed by atoms with Crippen LogP contribution in [-0.4, -0.2) is 24.7 Å². The summed E-state index contributed by atoms with van der Waals surface area (Å²) < 4.78 is 43.4. The molecule has 1 fully saturated rings. The molecule has 0 amide bonds. The van der Waals surface area contributed by atoms with Crippen LogP contribution in [0.15, 0.2) is 42.6 Å². The molecule has 2 aromatic rings. The molecule has 3 nitrogen and oxygen atoms in total. The van der Waals surface area contributed by atoms with Gasteiger partial charge in [0.2, 0.25) is 5.88 Å². The average Bonchev–Trinajstić information content (AvgIpc) is 2.61. The van der Waals surface area contributed by atoms with Gasteiger partial charge in [-0.3, -0.25) is 0 Å². The minimum atomic E-state index is -4.39. The Hall–Kier alpha value is -1.50. The summed E-state index contributed by atoms with van der Waals surface area (Å²) in [5, 5.41) is 4.06. The largest absolute Gasteiger partial charge is 0.477 e. The van der Waals surface area contributed by atoms with E-state index in [0.29, 0.717) is 11.6 Å². The average molecular weight is 407 g/mol. The summed E-state index contributed by atoms with van der Waals surface area (Å²) in [6, 6.07) is 9.98. The summed E-state index contributed by atoms with van der Waals surface area (Å²) in [5.74, 6) is 0.730. The van der Waals surface area contributed by atoms with Crippen LogP contribution in [0.2, 0.25) is 5.02 Å². The first kappa shape index (κ1) is 20.8. The minimum Gasteiger partial charge on any atom is -0.477 e. The van der Waals surface area contributed by atoms with Gasteiger partial charge in [0, 0.05) is 35.7 Å². The van der Waals surface area contributed by atoms with Crippen molar-refractivity contribution in [2.75, 3.05) is 19.7 Å². The molecule has 1 aromatic heterocycles. The van der Waals surface area contributed by atoms with E-state index in [-0.39, 0.29) is 30.1 Å². The third kappa shape index (κ3) is 5.25. The number of pyridine rings is 1. The molecule has 0 bridgehead atoms. The standard InChI is InChI=1S/C18H18ClF3N2O.ClH/c19-15-4-1-12(2-5-15)16-10-23-8-7-13(16)11-25-17-6-3-14(9-24-17)18(20,21)22;/h1-6,9,13,16,23H,7-8,10-11H2;1H. The molecular formula is C18H19Cl2F3N2O. The van der Waals surface area contributed by atoms with Gasteiger partial charge in [-0.2, -0.15) is 13.2 Å². The lowest BCUT2D eigenvalue weighted by Crippen LogP contribution is -2.37. The van der Waals surface area contributed by atoms with E-state index in [1.807, 2.05) is 24.3 Å². The molecule has 26 heavy (non-hydrogen) atoms. The van der Waals surface area contributed by atoms with Crippen LogP contribution in [-0.2, 0) is 6.18 Å². The van der Waals surface area contributed by atoms with E-state index in [1.165, 1.54) is 11.6 Å². The van der Waals surface area contributed by atoms with Crippen LogP contribution in [0, 0.1) is 5.92 Å². The Kier molecular flexibility index (Phi) is 7.15. The molecule has 3 rings (SSSR count). The summed E-state index contributed by atoms with van der Waals surface area (Å²) in [6.07, 6.45) is -2.66. The van der Waals surface area contributed by atoms with Crippen molar-refractivity contribution in [3.63, 3.8) is 0 Å². The van der Waals surface area contributed by atoms with Gasteiger partial charge in [-0.15, -0.1) is 12.4 Å². The molecule has 1 saturated heterocycles. The molecule has 8 heteroatoms. The van der Waals surface area contributed by atoms with Gasteiger partial charge in [-0.05, 0) is 36.7 Å². The topological polar surface area (TPSA) is 34.1 Å². The maximum absolute atomic E-state index is 12.6. The Morgan fingerprint density at radius 1 is 1.15 bits per heavy atom. The van der Waals surface area contributed by atoms with Gasteiger partial charge in [0.1, 0.15) is 0 Å².